The molecule has 0 saturated heterocycles. The van der Waals surface area contributed by atoms with Crippen molar-refractivity contribution in [3.8, 4) is 5.75 Å². The van der Waals surface area contributed by atoms with Gasteiger partial charge in [0.05, 0.1) is 5.69 Å². The van der Waals surface area contributed by atoms with E-state index in [4.69, 9.17) is 9.66 Å². The van der Waals surface area contributed by atoms with Gasteiger partial charge in [0, 0.05) is 0 Å². The first-order valence-corrected chi connectivity index (χ1v) is 4.55. The summed E-state index contributed by atoms with van der Waals surface area (Å²) in [5.41, 5.74) is 2.25. The number of phenolic OH excluding ortho intramolecular Hbond substituents is 1. The van der Waals surface area contributed by atoms with Crippen molar-refractivity contribution < 1.29 is 22.4 Å². The first-order chi connectivity index (χ1) is 5.97. The highest BCUT2D eigenvalue weighted by Crippen LogP contribution is 2.13. The Hall–Kier alpha value is -1.31. The van der Waals surface area contributed by atoms with E-state index < -0.39 is 10.4 Å². The van der Waals surface area contributed by atoms with Crippen LogP contribution in [0.1, 0.15) is 0 Å². The van der Waals surface area contributed by atoms with Crippen molar-refractivity contribution in [3.63, 3.8) is 0 Å². The monoisotopic (exact) mass is 205 g/mol. The fourth-order valence-electron chi connectivity index (χ4n) is 0.630. The van der Waals surface area contributed by atoms with E-state index >= 15 is 0 Å². The van der Waals surface area contributed by atoms with Crippen LogP contribution in [-0.4, -0.2) is 18.1 Å². The fraction of sp³-hybridized carbons (Fsp3) is 0. The third-order valence-electron chi connectivity index (χ3n) is 1.13. The highest BCUT2D eigenvalue weighted by atomic mass is 32.3. The highest BCUT2D eigenvalue weighted by Gasteiger charge is 2.03. The number of hydrogen-bond donors (Lipinski definition) is 3. The van der Waals surface area contributed by atoms with E-state index in [9.17, 15) is 8.42 Å². The Morgan fingerprint density at radius 1 is 1.23 bits per heavy atom. The second-order valence-electron chi connectivity index (χ2n) is 2.16. The molecule has 1 aromatic carbocycles. The van der Waals surface area contributed by atoms with Crippen LogP contribution >= 0.6 is 0 Å². The van der Waals surface area contributed by atoms with Gasteiger partial charge in [0.15, 0.2) is 0 Å². The number of aromatic hydroxyl groups is 1. The van der Waals surface area contributed by atoms with Crippen molar-refractivity contribution in [3.05, 3.63) is 24.3 Å². The first-order valence-electron chi connectivity index (χ1n) is 3.18. The molecule has 72 valence electrons. The Balaban J connectivity index is 2.61. The molecule has 0 spiro atoms. The van der Waals surface area contributed by atoms with Crippen LogP contribution in [0.25, 0.3) is 0 Å². The van der Waals surface area contributed by atoms with Crippen molar-refractivity contribution >= 4 is 16.1 Å². The van der Waals surface area contributed by atoms with E-state index in [1.54, 1.807) is 0 Å². The molecule has 1 rings (SSSR count). The number of phenols is 1. The second-order valence-corrected chi connectivity index (χ2v) is 3.18. The van der Waals surface area contributed by atoms with Gasteiger partial charge in [-0.2, -0.15) is 8.42 Å². The minimum atomic E-state index is -4.51. The van der Waals surface area contributed by atoms with Gasteiger partial charge < -0.3 is 5.11 Å². The molecule has 7 heteroatoms. The number of nitrogens with one attached hydrogen (secondary N) is 1. The fourth-order valence-corrected chi connectivity index (χ4v) is 0.832. The predicted molar refractivity (Wildman–Crippen MR) is 44.4 cm³/mol. The van der Waals surface area contributed by atoms with Crippen LogP contribution in [0.2, 0.25) is 0 Å². The maximum Gasteiger partial charge on any atom is 0.418 e. The van der Waals surface area contributed by atoms with Crippen LogP contribution in [0, 0.1) is 0 Å². The Morgan fingerprint density at radius 2 is 1.77 bits per heavy atom. The SMILES string of the molecule is O=S(=O)(O)ONc1ccc(O)cc1. The van der Waals surface area contributed by atoms with Crippen LogP contribution in [0.15, 0.2) is 24.3 Å². The van der Waals surface area contributed by atoms with Gasteiger partial charge in [-0.1, -0.05) is 0 Å². The lowest BCUT2D eigenvalue weighted by atomic mass is 10.3. The van der Waals surface area contributed by atoms with Gasteiger partial charge >= 0.3 is 10.4 Å². The van der Waals surface area contributed by atoms with Crippen molar-refractivity contribution in [2.24, 2.45) is 0 Å². The van der Waals surface area contributed by atoms with Gasteiger partial charge in [0.2, 0.25) is 0 Å². The van der Waals surface area contributed by atoms with Gasteiger partial charge in [-0.25, -0.2) is 5.48 Å². The van der Waals surface area contributed by atoms with Crippen LogP contribution in [0.5, 0.6) is 5.75 Å². The maximum atomic E-state index is 10.1. The average Bonchev–Trinajstić information content (AvgIpc) is 2.02. The van der Waals surface area contributed by atoms with E-state index in [-0.39, 0.29) is 11.4 Å². The van der Waals surface area contributed by atoms with Crippen molar-refractivity contribution in [1.29, 1.82) is 0 Å². The summed E-state index contributed by atoms with van der Waals surface area (Å²) in [4.78, 5) is 0. The molecule has 0 aliphatic carbocycles. The Morgan fingerprint density at radius 3 is 2.23 bits per heavy atom. The molecule has 0 aliphatic rings. The Labute approximate surface area is 74.7 Å². The third-order valence-corrected chi connectivity index (χ3v) is 1.43. The summed E-state index contributed by atoms with van der Waals surface area (Å²) in [5, 5.41) is 8.85. The van der Waals surface area contributed by atoms with Gasteiger partial charge in [0.1, 0.15) is 5.75 Å². The first kappa shape index (κ1) is 9.78. The number of anilines is 1. The molecule has 0 aromatic heterocycles. The highest BCUT2D eigenvalue weighted by molar-refractivity contribution is 7.80. The molecule has 0 saturated carbocycles. The summed E-state index contributed by atoms with van der Waals surface area (Å²) >= 11 is 0. The zero-order valence-electron chi connectivity index (χ0n) is 6.34. The molecule has 3 N–H and O–H groups in total. The molecule has 0 radical (unpaired) electrons. The molecule has 0 aliphatic heterocycles. The maximum absolute atomic E-state index is 10.1. The van der Waals surface area contributed by atoms with E-state index in [1.807, 2.05) is 5.48 Å². The summed E-state index contributed by atoms with van der Waals surface area (Å²) in [6.07, 6.45) is 0. The molecule has 0 bridgehead atoms. The van der Waals surface area contributed by atoms with Crippen molar-refractivity contribution in [2.45, 2.75) is 0 Å². The van der Waals surface area contributed by atoms with E-state index in [0.29, 0.717) is 0 Å². The largest absolute Gasteiger partial charge is 0.508 e. The average molecular weight is 205 g/mol. The second kappa shape index (κ2) is 3.60. The van der Waals surface area contributed by atoms with Crippen LogP contribution < -0.4 is 5.48 Å². The predicted octanol–water partition coefficient (Wildman–Crippen LogP) is 0.538. The lowest BCUT2D eigenvalue weighted by molar-refractivity contribution is 0.320. The van der Waals surface area contributed by atoms with Gasteiger partial charge in [-0.15, -0.1) is 4.28 Å². The molecule has 13 heavy (non-hydrogen) atoms. The molecule has 0 atom stereocenters. The summed E-state index contributed by atoms with van der Waals surface area (Å²) in [6.45, 7) is 0. The van der Waals surface area contributed by atoms with Crippen molar-refractivity contribution in [2.75, 3.05) is 5.48 Å². The standard InChI is InChI=1S/C6H7NO5S/c8-6-3-1-5(2-4-6)7-12-13(9,10)11/h1-4,7-8H,(H,9,10,11). The van der Waals surface area contributed by atoms with Crippen molar-refractivity contribution in [1.82, 2.24) is 0 Å². The lowest BCUT2D eigenvalue weighted by Gasteiger charge is -2.02. The molecule has 1 aromatic rings. The quantitative estimate of drug-likeness (QED) is 0.378. The number of hydrogen-bond acceptors (Lipinski definition) is 5. The molecule has 0 heterocycles. The minimum absolute atomic E-state index is 0.0393. The van der Waals surface area contributed by atoms with E-state index in [0.717, 1.165) is 0 Å². The normalized spacial score (nSPS) is 11.2. The van der Waals surface area contributed by atoms with Gasteiger partial charge in [0.25, 0.3) is 0 Å². The van der Waals surface area contributed by atoms with Crippen LogP contribution in [0.4, 0.5) is 5.69 Å². The zero-order chi connectivity index (χ0) is 9.90. The Kier molecular flexibility index (Phi) is 2.71. The molecule has 0 amide bonds. The topological polar surface area (TPSA) is 95.9 Å². The van der Waals surface area contributed by atoms with Gasteiger partial charge in [-0.05, 0) is 24.3 Å². The van der Waals surface area contributed by atoms with Gasteiger partial charge in [-0.3, -0.25) is 4.55 Å². The van der Waals surface area contributed by atoms with Crippen LogP contribution in [0.3, 0.4) is 0 Å². The summed E-state index contributed by atoms with van der Waals surface area (Å²) < 4.78 is 32.2. The summed E-state index contributed by atoms with van der Waals surface area (Å²) in [5.74, 6) is 0.0393. The number of benzene rings is 1. The molecular formula is C6H7NO5S. The lowest BCUT2D eigenvalue weighted by Crippen LogP contribution is -2.09. The van der Waals surface area contributed by atoms with E-state index in [2.05, 4.69) is 4.28 Å². The third kappa shape index (κ3) is 3.74. The summed E-state index contributed by atoms with van der Waals surface area (Å²) in [6, 6.07) is 5.41. The van der Waals surface area contributed by atoms with Crippen LogP contribution in [-0.2, 0) is 14.7 Å². The molecular weight excluding hydrogens is 198 g/mol. The number of rotatable bonds is 3. The minimum Gasteiger partial charge on any atom is -0.508 e. The van der Waals surface area contributed by atoms with E-state index in [1.165, 1.54) is 24.3 Å². The summed E-state index contributed by atoms with van der Waals surface area (Å²) in [7, 11) is -4.51. The smallest absolute Gasteiger partial charge is 0.418 e. The molecule has 6 nitrogen and oxygen atoms in total. The Bertz CT molecular complexity index is 371. The zero-order valence-corrected chi connectivity index (χ0v) is 7.15. The molecule has 0 fully saturated rings. The molecule has 0 unspecified atom stereocenters.